The van der Waals surface area contributed by atoms with Crippen LogP contribution >= 0.6 is 0 Å². The molecule has 3 rings (SSSR count). The van der Waals surface area contributed by atoms with Crippen molar-refractivity contribution in [2.45, 2.75) is 6.92 Å². The number of hydrogen-bond acceptors (Lipinski definition) is 7. The molecule has 0 amide bonds. The Morgan fingerprint density at radius 2 is 1.91 bits per heavy atom. The second kappa shape index (κ2) is 5.90. The van der Waals surface area contributed by atoms with Crippen molar-refractivity contribution in [2.75, 3.05) is 24.2 Å². The lowest BCUT2D eigenvalue weighted by molar-refractivity contribution is 0.311. The maximum absolute atomic E-state index is 8.82. The van der Waals surface area contributed by atoms with Crippen molar-refractivity contribution in [3.63, 3.8) is 0 Å². The first-order chi connectivity index (χ1) is 10.7. The molecule has 7 nitrogen and oxygen atoms in total. The summed E-state index contributed by atoms with van der Waals surface area (Å²) in [7, 11) is 0. The number of benzene rings is 1. The van der Waals surface area contributed by atoms with E-state index in [1.54, 1.807) is 6.20 Å². The summed E-state index contributed by atoms with van der Waals surface area (Å²) < 4.78 is 0. The Labute approximate surface area is 127 Å². The van der Waals surface area contributed by atoms with Crippen LogP contribution in [-0.2, 0) is 0 Å². The fraction of sp³-hybridized carbons (Fsp3) is 0.200. The van der Waals surface area contributed by atoms with Gasteiger partial charge in [-0.3, -0.25) is 0 Å². The van der Waals surface area contributed by atoms with Gasteiger partial charge in [0.05, 0.1) is 12.8 Å². The van der Waals surface area contributed by atoms with Crippen molar-refractivity contribution in [1.82, 2.24) is 19.9 Å². The van der Waals surface area contributed by atoms with Gasteiger partial charge in [-0.05, 0) is 6.92 Å². The second-order valence-electron chi connectivity index (χ2n) is 4.88. The smallest absolute Gasteiger partial charge is 0.184 e. The molecular weight excluding hydrogens is 280 g/mol. The first-order valence-electron chi connectivity index (χ1n) is 6.89. The number of aromatic nitrogens is 4. The zero-order valence-corrected chi connectivity index (χ0v) is 12.1. The van der Waals surface area contributed by atoms with Gasteiger partial charge in [0.2, 0.25) is 0 Å². The Kier molecular flexibility index (Phi) is 3.80. The average molecular weight is 296 g/mol. The number of anilines is 2. The molecule has 4 N–H and O–H groups in total. The second-order valence-corrected chi connectivity index (χ2v) is 4.88. The molecule has 0 bridgehead atoms. The highest BCUT2D eigenvalue weighted by Crippen LogP contribution is 2.22. The van der Waals surface area contributed by atoms with E-state index in [9.17, 15) is 0 Å². The van der Waals surface area contributed by atoms with Crippen LogP contribution in [0.2, 0.25) is 0 Å². The quantitative estimate of drug-likeness (QED) is 0.667. The Balaban J connectivity index is 2.03. The van der Waals surface area contributed by atoms with Crippen molar-refractivity contribution in [1.29, 1.82) is 0 Å². The van der Waals surface area contributed by atoms with Gasteiger partial charge in [-0.1, -0.05) is 29.8 Å². The molecule has 2 aromatic heterocycles. The summed E-state index contributed by atoms with van der Waals surface area (Å²) in [6, 6.07) is 7.88. The van der Waals surface area contributed by atoms with Crippen LogP contribution in [0.15, 0.2) is 30.5 Å². The van der Waals surface area contributed by atoms with Crippen molar-refractivity contribution >= 4 is 22.8 Å². The normalized spacial score (nSPS) is 10.8. The molecule has 7 heteroatoms. The summed E-state index contributed by atoms with van der Waals surface area (Å²) in [5, 5.41) is 11.7. The lowest BCUT2D eigenvalue weighted by atomic mass is 10.1. The molecule has 0 saturated carbocycles. The van der Waals surface area contributed by atoms with Crippen LogP contribution < -0.4 is 11.1 Å². The van der Waals surface area contributed by atoms with E-state index in [2.05, 4.69) is 25.3 Å². The largest absolute Gasteiger partial charge is 0.395 e. The molecule has 0 fully saturated rings. The molecule has 1 aromatic carbocycles. The van der Waals surface area contributed by atoms with Gasteiger partial charge in [-0.2, -0.15) is 0 Å². The van der Waals surface area contributed by atoms with E-state index >= 15 is 0 Å². The standard InChI is InChI=1S/C15H16N6O/c1-9-2-4-10(5-3-9)14-20-13(16)12-15(21-14)18-8-11(19-12)17-6-7-22/h2-5,8,22H,6-7H2,1H3,(H,17,19)(H2,16,18,20,21). The molecule has 0 aliphatic rings. The van der Waals surface area contributed by atoms with Gasteiger partial charge >= 0.3 is 0 Å². The third-order valence-corrected chi connectivity index (χ3v) is 3.16. The molecule has 0 saturated heterocycles. The topological polar surface area (TPSA) is 110 Å². The Morgan fingerprint density at radius 1 is 1.14 bits per heavy atom. The first kappa shape index (κ1) is 14.2. The van der Waals surface area contributed by atoms with E-state index in [0.717, 1.165) is 11.1 Å². The summed E-state index contributed by atoms with van der Waals surface area (Å²) in [5.74, 6) is 1.33. The van der Waals surface area contributed by atoms with Crippen LogP contribution in [0.3, 0.4) is 0 Å². The molecular formula is C15H16N6O. The van der Waals surface area contributed by atoms with Gasteiger partial charge < -0.3 is 16.2 Å². The number of nitrogens with zero attached hydrogens (tertiary/aromatic N) is 4. The van der Waals surface area contributed by atoms with Gasteiger partial charge in [0.25, 0.3) is 0 Å². The van der Waals surface area contributed by atoms with Crippen LogP contribution in [0.25, 0.3) is 22.6 Å². The van der Waals surface area contributed by atoms with Crippen molar-refractivity contribution in [3.8, 4) is 11.4 Å². The monoisotopic (exact) mass is 296 g/mol. The van der Waals surface area contributed by atoms with Crippen LogP contribution in [0, 0.1) is 6.92 Å². The van der Waals surface area contributed by atoms with Crippen LogP contribution in [0.5, 0.6) is 0 Å². The third kappa shape index (κ3) is 2.79. The number of aryl methyl sites for hydroxylation is 1. The summed E-state index contributed by atoms with van der Waals surface area (Å²) >= 11 is 0. The maximum atomic E-state index is 8.82. The molecule has 3 aromatic rings. The lowest BCUT2D eigenvalue weighted by Crippen LogP contribution is -2.08. The zero-order valence-electron chi connectivity index (χ0n) is 12.1. The molecule has 0 atom stereocenters. The number of fused-ring (bicyclic) bond motifs is 1. The molecule has 0 unspecified atom stereocenters. The molecule has 0 spiro atoms. The number of nitrogens with two attached hydrogens (primary N) is 1. The SMILES string of the molecule is Cc1ccc(-c2nc(N)c3nc(NCCO)cnc3n2)cc1. The Hall–Kier alpha value is -2.80. The van der Waals surface area contributed by atoms with E-state index in [0.29, 0.717) is 29.4 Å². The third-order valence-electron chi connectivity index (χ3n) is 3.16. The number of nitrogen functional groups attached to an aromatic ring is 1. The highest BCUT2D eigenvalue weighted by molar-refractivity contribution is 5.83. The first-order valence-corrected chi connectivity index (χ1v) is 6.89. The van der Waals surface area contributed by atoms with E-state index in [4.69, 9.17) is 10.8 Å². The minimum Gasteiger partial charge on any atom is -0.395 e. The molecule has 22 heavy (non-hydrogen) atoms. The summed E-state index contributed by atoms with van der Waals surface area (Å²) in [5.41, 5.74) is 8.92. The van der Waals surface area contributed by atoms with Crippen molar-refractivity contribution in [3.05, 3.63) is 36.0 Å². The van der Waals surface area contributed by atoms with Gasteiger partial charge in [0, 0.05) is 12.1 Å². The van der Waals surface area contributed by atoms with Gasteiger partial charge in [-0.25, -0.2) is 19.9 Å². The van der Waals surface area contributed by atoms with Gasteiger partial charge in [0.1, 0.15) is 5.82 Å². The van der Waals surface area contributed by atoms with Crippen LogP contribution in [0.4, 0.5) is 11.6 Å². The highest BCUT2D eigenvalue weighted by atomic mass is 16.3. The molecule has 2 heterocycles. The summed E-state index contributed by atoms with van der Waals surface area (Å²) in [4.78, 5) is 17.3. The molecule has 0 aliphatic carbocycles. The Bertz CT molecular complexity index is 803. The van der Waals surface area contributed by atoms with Crippen molar-refractivity contribution < 1.29 is 5.11 Å². The highest BCUT2D eigenvalue weighted by Gasteiger charge is 2.10. The fourth-order valence-corrected chi connectivity index (χ4v) is 2.03. The number of hydrogen-bond donors (Lipinski definition) is 3. The lowest BCUT2D eigenvalue weighted by Gasteiger charge is -2.07. The molecule has 0 aliphatic heterocycles. The number of aliphatic hydroxyl groups is 1. The van der Waals surface area contributed by atoms with Crippen LogP contribution in [-0.4, -0.2) is 38.2 Å². The van der Waals surface area contributed by atoms with E-state index < -0.39 is 0 Å². The number of nitrogens with one attached hydrogen (secondary N) is 1. The van der Waals surface area contributed by atoms with E-state index in [1.165, 1.54) is 0 Å². The predicted octanol–water partition coefficient (Wildman–Crippen LogP) is 1.38. The minimum atomic E-state index is 0.0120. The minimum absolute atomic E-state index is 0.0120. The number of rotatable bonds is 4. The van der Waals surface area contributed by atoms with Crippen LogP contribution in [0.1, 0.15) is 5.56 Å². The fourth-order valence-electron chi connectivity index (χ4n) is 2.03. The summed E-state index contributed by atoms with van der Waals surface area (Å²) in [6.07, 6.45) is 1.56. The average Bonchev–Trinajstić information content (AvgIpc) is 2.53. The maximum Gasteiger partial charge on any atom is 0.184 e. The summed E-state index contributed by atoms with van der Waals surface area (Å²) in [6.45, 7) is 2.42. The Morgan fingerprint density at radius 3 is 2.64 bits per heavy atom. The predicted molar refractivity (Wildman–Crippen MR) is 85.3 cm³/mol. The van der Waals surface area contributed by atoms with E-state index in [-0.39, 0.29) is 12.4 Å². The molecule has 0 radical (unpaired) electrons. The zero-order chi connectivity index (χ0) is 15.5. The van der Waals surface area contributed by atoms with Crippen molar-refractivity contribution in [2.24, 2.45) is 0 Å². The number of aliphatic hydroxyl groups excluding tert-OH is 1. The van der Waals surface area contributed by atoms with Gasteiger partial charge in [-0.15, -0.1) is 0 Å². The molecule has 112 valence electrons. The van der Waals surface area contributed by atoms with E-state index in [1.807, 2.05) is 31.2 Å². The van der Waals surface area contributed by atoms with Gasteiger partial charge in [0.15, 0.2) is 22.8 Å².